The Bertz CT molecular complexity index is 154. The fourth-order valence-corrected chi connectivity index (χ4v) is 1.99. The molecule has 0 amide bonds. The molecule has 0 aromatic rings. The van der Waals surface area contributed by atoms with Crippen molar-refractivity contribution < 1.29 is 9.84 Å². The molecule has 1 N–H and O–H groups in total. The fourth-order valence-electron chi connectivity index (χ4n) is 0.969. The smallest absolute Gasteiger partial charge is 0.164 e. The van der Waals surface area contributed by atoms with E-state index >= 15 is 0 Å². The lowest BCUT2D eigenvalue weighted by Crippen LogP contribution is -2.52. The maximum absolute atomic E-state index is 9.23. The van der Waals surface area contributed by atoms with Gasteiger partial charge in [-0.15, -0.1) is 11.8 Å². The van der Waals surface area contributed by atoms with E-state index < -0.39 is 6.29 Å². The summed E-state index contributed by atoms with van der Waals surface area (Å²) < 4.78 is 5.51. The molecule has 3 heteroatoms. The largest absolute Gasteiger partial charge is 0.367 e. The highest BCUT2D eigenvalue weighted by molar-refractivity contribution is 8.00. The molecule has 1 rings (SSSR count). The fraction of sp³-hybridized carbons (Fsp3) is 1.00. The van der Waals surface area contributed by atoms with Gasteiger partial charge in [-0.05, 0) is 27.7 Å². The molecule has 0 saturated carbocycles. The van der Waals surface area contributed by atoms with Crippen LogP contribution in [-0.4, -0.2) is 27.5 Å². The van der Waals surface area contributed by atoms with E-state index in [1.54, 1.807) is 11.8 Å². The third-order valence-electron chi connectivity index (χ3n) is 2.47. The predicted molar refractivity (Wildman–Crippen MR) is 47.7 cm³/mol. The van der Waals surface area contributed by atoms with Crippen LogP contribution in [0.2, 0.25) is 0 Å². The summed E-state index contributed by atoms with van der Waals surface area (Å²) in [5.41, 5.74) is -0.241. The van der Waals surface area contributed by atoms with Gasteiger partial charge in [-0.1, -0.05) is 0 Å². The zero-order valence-corrected chi connectivity index (χ0v) is 8.36. The number of ether oxygens (including phenoxy) is 1. The van der Waals surface area contributed by atoms with Crippen molar-refractivity contribution in [2.24, 2.45) is 0 Å². The molecule has 0 aromatic heterocycles. The van der Waals surface area contributed by atoms with E-state index in [1.807, 2.05) is 13.8 Å². The maximum Gasteiger partial charge on any atom is 0.164 e. The first-order valence-electron chi connectivity index (χ1n) is 3.85. The van der Waals surface area contributed by atoms with Gasteiger partial charge in [-0.2, -0.15) is 0 Å². The molecule has 1 aliphatic heterocycles. The average Bonchev–Trinajstić information content (AvgIpc) is 1.80. The van der Waals surface area contributed by atoms with Crippen LogP contribution in [0.1, 0.15) is 27.7 Å². The maximum atomic E-state index is 9.23. The Morgan fingerprint density at radius 1 is 1.36 bits per heavy atom. The number of thioether (sulfide) groups is 1. The quantitative estimate of drug-likeness (QED) is 0.608. The third kappa shape index (κ3) is 1.71. The highest BCUT2D eigenvalue weighted by atomic mass is 32.2. The molecule has 0 spiro atoms. The summed E-state index contributed by atoms with van der Waals surface area (Å²) in [7, 11) is 0. The van der Waals surface area contributed by atoms with Gasteiger partial charge in [0.1, 0.15) is 0 Å². The summed E-state index contributed by atoms with van der Waals surface area (Å²) in [6.45, 7) is 8.32. The van der Waals surface area contributed by atoms with Gasteiger partial charge < -0.3 is 9.84 Å². The lowest BCUT2D eigenvalue weighted by molar-refractivity contribution is -0.176. The molecule has 0 aliphatic carbocycles. The van der Waals surface area contributed by atoms with Gasteiger partial charge in [0.15, 0.2) is 6.29 Å². The minimum atomic E-state index is -0.594. The normalized spacial score (nSPS) is 35.2. The molecular weight excluding hydrogens is 160 g/mol. The topological polar surface area (TPSA) is 29.5 Å². The van der Waals surface area contributed by atoms with Crippen LogP contribution in [0.5, 0.6) is 0 Å². The zero-order valence-electron chi connectivity index (χ0n) is 7.55. The molecule has 0 bridgehead atoms. The lowest BCUT2D eigenvalue weighted by atomic mass is 9.93. The molecule has 1 unspecified atom stereocenters. The van der Waals surface area contributed by atoms with Crippen LogP contribution in [0.15, 0.2) is 0 Å². The second-order valence-electron chi connectivity index (χ2n) is 3.90. The summed E-state index contributed by atoms with van der Waals surface area (Å²) in [4.78, 5) is 0. The first-order chi connectivity index (χ1) is 4.85. The Balaban J connectivity index is 2.72. The van der Waals surface area contributed by atoms with E-state index in [4.69, 9.17) is 4.74 Å². The molecule has 0 aromatic carbocycles. The molecule has 1 saturated heterocycles. The Hall–Kier alpha value is 0.270. The van der Waals surface area contributed by atoms with Crippen LogP contribution >= 0.6 is 11.8 Å². The molecule has 1 fully saturated rings. The van der Waals surface area contributed by atoms with E-state index in [2.05, 4.69) is 13.8 Å². The molecule has 11 heavy (non-hydrogen) atoms. The van der Waals surface area contributed by atoms with Crippen LogP contribution in [-0.2, 0) is 4.74 Å². The second-order valence-corrected chi connectivity index (χ2v) is 5.55. The van der Waals surface area contributed by atoms with Crippen molar-refractivity contribution in [1.29, 1.82) is 0 Å². The van der Waals surface area contributed by atoms with Gasteiger partial charge in [-0.3, -0.25) is 0 Å². The third-order valence-corrected chi connectivity index (χ3v) is 4.13. The molecule has 2 nitrogen and oxygen atoms in total. The van der Waals surface area contributed by atoms with Gasteiger partial charge in [0.2, 0.25) is 0 Å². The van der Waals surface area contributed by atoms with Gasteiger partial charge >= 0.3 is 0 Å². The first-order valence-corrected chi connectivity index (χ1v) is 4.83. The Morgan fingerprint density at radius 2 is 1.91 bits per heavy atom. The summed E-state index contributed by atoms with van der Waals surface area (Å²) in [5.74, 6) is 0.677. The first kappa shape index (κ1) is 9.36. The van der Waals surface area contributed by atoms with Gasteiger partial charge in [0.05, 0.1) is 5.60 Å². The SMILES string of the molecule is CC1(C)OC(O)CSC1(C)C. The zero-order chi connectivity index (χ0) is 8.70. The number of aliphatic hydroxyl groups excluding tert-OH is 1. The van der Waals surface area contributed by atoms with Gasteiger partial charge in [0.25, 0.3) is 0 Å². The standard InChI is InChI=1S/C8H16O2S/c1-7(2)8(3,4)11-5-6(9)10-7/h6,9H,5H2,1-4H3. The van der Waals surface area contributed by atoms with E-state index in [0.717, 1.165) is 0 Å². The highest BCUT2D eigenvalue weighted by Crippen LogP contribution is 2.42. The predicted octanol–water partition coefficient (Wildman–Crippen LogP) is 1.63. The minimum Gasteiger partial charge on any atom is -0.367 e. The molecule has 0 radical (unpaired) electrons. The number of aliphatic hydroxyl groups is 1. The highest BCUT2D eigenvalue weighted by Gasteiger charge is 2.43. The molecule has 1 atom stereocenters. The van der Waals surface area contributed by atoms with E-state index in [-0.39, 0.29) is 10.3 Å². The Morgan fingerprint density at radius 3 is 2.27 bits per heavy atom. The van der Waals surface area contributed by atoms with E-state index in [0.29, 0.717) is 5.75 Å². The summed E-state index contributed by atoms with van der Waals surface area (Å²) >= 11 is 1.76. The van der Waals surface area contributed by atoms with Crippen LogP contribution < -0.4 is 0 Å². The van der Waals surface area contributed by atoms with Crippen molar-refractivity contribution in [1.82, 2.24) is 0 Å². The average molecular weight is 176 g/mol. The van der Waals surface area contributed by atoms with Gasteiger partial charge in [0, 0.05) is 10.5 Å². The summed E-state index contributed by atoms with van der Waals surface area (Å²) in [6.07, 6.45) is -0.594. The van der Waals surface area contributed by atoms with E-state index in [1.165, 1.54) is 0 Å². The van der Waals surface area contributed by atoms with Gasteiger partial charge in [-0.25, -0.2) is 0 Å². The van der Waals surface area contributed by atoms with Crippen molar-refractivity contribution in [2.45, 2.75) is 44.3 Å². The summed E-state index contributed by atoms with van der Waals surface area (Å²) in [6, 6.07) is 0. The van der Waals surface area contributed by atoms with Crippen LogP contribution in [0.3, 0.4) is 0 Å². The lowest BCUT2D eigenvalue weighted by Gasteiger charge is -2.46. The Labute approximate surface area is 72.3 Å². The van der Waals surface area contributed by atoms with Crippen LogP contribution in [0, 0.1) is 0 Å². The van der Waals surface area contributed by atoms with Crippen molar-refractivity contribution in [3.05, 3.63) is 0 Å². The van der Waals surface area contributed by atoms with Crippen LogP contribution in [0.4, 0.5) is 0 Å². The molecule has 1 aliphatic rings. The minimum absolute atomic E-state index is 0.0895. The van der Waals surface area contributed by atoms with Crippen molar-refractivity contribution in [2.75, 3.05) is 5.75 Å². The monoisotopic (exact) mass is 176 g/mol. The summed E-state index contributed by atoms with van der Waals surface area (Å²) in [5, 5.41) is 9.23. The van der Waals surface area contributed by atoms with Crippen molar-refractivity contribution in [3.8, 4) is 0 Å². The molecule has 66 valence electrons. The van der Waals surface area contributed by atoms with Crippen LogP contribution in [0.25, 0.3) is 0 Å². The second kappa shape index (κ2) is 2.64. The molecule has 1 heterocycles. The number of rotatable bonds is 0. The number of hydrogen-bond donors (Lipinski definition) is 1. The number of hydrogen-bond acceptors (Lipinski definition) is 3. The van der Waals surface area contributed by atoms with Crippen molar-refractivity contribution in [3.63, 3.8) is 0 Å². The van der Waals surface area contributed by atoms with E-state index in [9.17, 15) is 5.11 Å². The Kier molecular flexibility index (Phi) is 2.25. The van der Waals surface area contributed by atoms with Crippen molar-refractivity contribution >= 4 is 11.8 Å². The molecular formula is C8H16O2S.